The number of rotatable bonds is 5. The highest BCUT2D eigenvalue weighted by Crippen LogP contribution is 2.59. The molecule has 1 aliphatic carbocycles. The average Bonchev–Trinajstić information content (AvgIpc) is 2.94. The van der Waals surface area contributed by atoms with Gasteiger partial charge in [-0.1, -0.05) is 25.3 Å². The van der Waals surface area contributed by atoms with Crippen LogP contribution in [0.25, 0.3) is 0 Å². The van der Waals surface area contributed by atoms with Crippen LogP contribution >= 0.6 is 0 Å². The van der Waals surface area contributed by atoms with Crippen molar-refractivity contribution in [1.82, 2.24) is 0 Å². The Hall–Kier alpha value is -2.96. The second-order valence-corrected chi connectivity index (χ2v) is 6.90. The first-order valence-corrected chi connectivity index (χ1v) is 8.46. The molecule has 0 spiro atoms. The van der Waals surface area contributed by atoms with E-state index in [0.29, 0.717) is 11.9 Å². The summed E-state index contributed by atoms with van der Waals surface area (Å²) in [6.07, 6.45) is 0.595. The maximum atomic E-state index is 12.5. The molecular formula is C20H20O7. The van der Waals surface area contributed by atoms with Crippen molar-refractivity contribution < 1.29 is 33.4 Å². The zero-order valence-corrected chi connectivity index (χ0v) is 15.1. The maximum absolute atomic E-state index is 12.5. The maximum Gasteiger partial charge on any atom is 0.334 e. The van der Waals surface area contributed by atoms with Crippen molar-refractivity contribution >= 4 is 24.2 Å². The summed E-state index contributed by atoms with van der Waals surface area (Å²) < 4.78 is 16.3. The van der Waals surface area contributed by atoms with Gasteiger partial charge in [0.2, 0.25) is 0 Å². The van der Waals surface area contributed by atoms with Crippen LogP contribution in [0.4, 0.5) is 0 Å². The Kier molecular flexibility index (Phi) is 4.41. The molecular weight excluding hydrogens is 352 g/mol. The van der Waals surface area contributed by atoms with E-state index in [4.69, 9.17) is 14.2 Å². The highest BCUT2D eigenvalue weighted by atomic mass is 16.6. The third-order valence-corrected chi connectivity index (χ3v) is 5.70. The van der Waals surface area contributed by atoms with E-state index in [0.717, 1.165) is 0 Å². The fraction of sp³-hybridized carbons (Fsp3) is 0.400. The van der Waals surface area contributed by atoms with Gasteiger partial charge in [0.15, 0.2) is 12.2 Å². The van der Waals surface area contributed by atoms with Gasteiger partial charge in [0.1, 0.15) is 17.8 Å². The molecule has 0 N–H and O–H groups in total. The van der Waals surface area contributed by atoms with E-state index < -0.39 is 53.5 Å². The normalized spacial score (nSPS) is 37.2. The molecule has 1 saturated carbocycles. The van der Waals surface area contributed by atoms with E-state index in [-0.39, 0.29) is 11.1 Å². The number of carbonyl (C=O) groups is 4. The van der Waals surface area contributed by atoms with Crippen LogP contribution in [-0.2, 0) is 33.4 Å². The molecule has 0 aromatic carbocycles. The summed E-state index contributed by atoms with van der Waals surface area (Å²) in [5.74, 6) is -3.55. The number of aldehydes is 1. The SMILES string of the molecule is C=CC12C(=O)O[C@H]1[C@@H](OC(=O)/C(C)=C/C)[C@@H]1C(=C)C(=O)O[C@@H]1[C@H]2C(=C)C=O. The van der Waals surface area contributed by atoms with E-state index in [1.54, 1.807) is 19.9 Å². The molecule has 0 aromatic heterocycles. The Morgan fingerprint density at radius 1 is 1.30 bits per heavy atom. The summed E-state index contributed by atoms with van der Waals surface area (Å²) >= 11 is 0. The van der Waals surface area contributed by atoms with Gasteiger partial charge in [0.25, 0.3) is 0 Å². The van der Waals surface area contributed by atoms with Crippen LogP contribution in [0.15, 0.2) is 48.6 Å². The molecule has 142 valence electrons. The molecule has 27 heavy (non-hydrogen) atoms. The predicted molar refractivity (Wildman–Crippen MR) is 93.0 cm³/mol. The zero-order chi connectivity index (χ0) is 20.1. The molecule has 0 aromatic rings. The third kappa shape index (κ3) is 2.34. The minimum atomic E-state index is -1.38. The summed E-state index contributed by atoms with van der Waals surface area (Å²) in [6.45, 7) is 14.5. The lowest BCUT2D eigenvalue weighted by molar-refractivity contribution is -0.253. The van der Waals surface area contributed by atoms with E-state index in [1.807, 2.05) is 0 Å². The summed E-state index contributed by atoms with van der Waals surface area (Å²) in [5.41, 5.74) is -0.848. The Labute approximate surface area is 156 Å². The molecule has 2 aliphatic heterocycles. The van der Waals surface area contributed by atoms with Crippen LogP contribution in [0.1, 0.15) is 13.8 Å². The molecule has 7 heteroatoms. The number of carbonyl (C=O) groups excluding carboxylic acids is 4. The first-order valence-electron chi connectivity index (χ1n) is 8.46. The van der Waals surface area contributed by atoms with Crippen molar-refractivity contribution in [2.24, 2.45) is 17.3 Å². The molecule has 1 unspecified atom stereocenters. The second-order valence-electron chi connectivity index (χ2n) is 6.90. The Morgan fingerprint density at radius 3 is 2.48 bits per heavy atom. The smallest absolute Gasteiger partial charge is 0.334 e. The van der Waals surface area contributed by atoms with Crippen molar-refractivity contribution in [3.63, 3.8) is 0 Å². The van der Waals surface area contributed by atoms with Gasteiger partial charge in [-0.15, -0.1) is 6.58 Å². The standard InChI is InChI=1S/C20H20O7/c1-6-9(3)17(22)26-15-12-11(5)18(23)25-14(12)13(10(4)8-21)20(7-2)16(15)27-19(20)24/h6-8,12-16H,2,4-5H2,1,3H3/b9-6+/t12-,13-,14+,15+,16+,20?/m1/s1. The molecule has 2 saturated heterocycles. The lowest BCUT2D eigenvalue weighted by Gasteiger charge is -2.57. The number of fused-ring (bicyclic) bond motifs is 2. The van der Waals surface area contributed by atoms with Gasteiger partial charge in [-0.3, -0.25) is 9.59 Å². The molecule has 3 rings (SSSR count). The van der Waals surface area contributed by atoms with Gasteiger partial charge in [-0.25, -0.2) is 9.59 Å². The molecule has 3 aliphatic rings. The average molecular weight is 372 g/mol. The summed E-state index contributed by atoms with van der Waals surface area (Å²) in [6, 6.07) is 0. The number of allylic oxidation sites excluding steroid dienone is 1. The summed E-state index contributed by atoms with van der Waals surface area (Å²) in [7, 11) is 0. The highest BCUT2D eigenvalue weighted by molar-refractivity contribution is 5.95. The van der Waals surface area contributed by atoms with E-state index >= 15 is 0 Å². The van der Waals surface area contributed by atoms with E-state index in [2.05, 4.69) is 19.7 Å². The number of ether oxygens (including phenoxy) is 3. The Bertz CT molecular complexity index is 820. The van der Waals surface area contributed by atoms with E-state index in [1.165, 1.54) is 6.08 Å². The zero-order valence-electron chi connectivity index (χ0n) is 15.1. The highest BCUT2D eigenvalue weighted by Gasteiger charge is 2.74. The van der Waals surface area contributed by atoms with Gasteiger partial charge >= 0.3 is 17.9 Å². The van der Waals surface area contributed by atoms with Crippen LogP contribution < -0.4 is 0 Å². The minimum Gasteiger partial charge on any atom is -0.457 e. The lowest BCUT2D eigenvalue weighted by atomic mass is 9.54. The van der Waals surface area contributed by atoms with Crippen molar-refractivity contribution in [3.05, 3.63) is 48.6 Å². The van der Waals surface area contributed by atoms with Gasteiger partial charge in [0, 0.05) is 17.1 Å². The van der Waals surface area contributed by atoms with Crippen molar-refractivity contribution in [1.29, 1.82) is 0 Å². The van der Waals surface area contributed by atoms with Crippen LogP contribution in [0.3, 0.4) is 0 Å². The lowest BCUT2D eigenvalue weighted by Crippen LogP contribution is -2.72. The number of esters is 3. The fourth-order valence-electron chi connectivity index (χ4n) is 4.13. The predicted octanol–water partition coefficient (Wildman–Crippen LogP) is 1.44. The van der Waals surface area contributed by atoms with Crippen molar-refractivity contribution in [3.8, 4) is 0 Å². The van der Waals surface area contributed by atoms with E-state index in [9.17, 15) is 19.2 Å². The van der Waals surface area contributed by atoms with Crippen LogP contribution in [-0.4, -0.2) is 42.5 Å². The Morgan fingerprint density at radius 2 is 1.96 bits per heavy atom. The third-order valence-electron chi connectivity index (χ3n) is 5.70. The number of hydrogen-bond donors (Lipinski definition) is 0. The van der Waals surface area contributed by atoms with Crippen LogP contribution in [0.5, 0.6) is 0 Å². The van der Waals surface area contributed by atoms with Gasteiger partial charge in [-0.05, 0) is 19.4 Å². The van der Waals surface area contributed by atoms with Crippen molar-refractivity contribution in [2.45, 2.75) is 32.2 Å². The molecule has 0 radical (unpaired) electrons. The quantitative estimate of drug-likeness (QED) is 0.237. The first-order chi connectivity index (χ1) is 12.7. The molecule has 0 bridgehead atoms. The largest absolute Gasteiger partial charge is 0.457 e. The van der Waals surface area contributed by atoms with Crippen LogP contribution in [0.2, 0.25) is 0 Å². The molecule has 3 fully saturated rings. The topological polar surface area (TPSA) is 96.0 Å². The van der Waals surface area contributed by atoms with Crippen LogP contribution in [0, 0.1) is 17.3 Å². The molecule has 6 atom stereocenters. The molecule has 7 nitrogen and oxygen atoms in total. The summed E-state index contributed by atoms with van der Waals surface area (Å²) in [4.78, 5) is 48.4. The first kappa shape index (κ1) is 18.8. The monoisotopic (exact) mass is 372 g/mol. The van der Waals surface area contributed by atoms with Gasteiger partial charge < -0.3 is 14.2 Å². The second kappa shape index (κ2) is 6.33. The van der Waals surface area contributed by atoms with Crippen molar-refractivity contribution in [2.75, 3.05) is 0 Å². The Balaban J connectivity index is 2.12. The number of hydrogen-bond acceptors (Lipinski definition) is 7. The van der Waals surface area contributed by atoms with Gasteiger partial charge in [0.05, 0.1) is 5.92 Å². The molecule has 2 heterocycles. The fourth-order valence-corrected chi connectivity index (χ4v) is 4.13. The van der Waals surface area contributed by atoms with Gasteiger partial charge in [-0.2, -0.15) is 0 Å². The minimum absolute atomic E-state index is 0.0726. The summed E-state index contributed by atoms with van der Waals surface area (Å²) in [5, 5.41) is 0. The molecule has 0 amide bonds.